The van der Waals surface area contributed by atoms with Gasteiger partial charge >= 0.3 is 11.9 Å². The van der Waals surface area contributed by atoms with E-state index < -0.39 is 58.1 Å². The van der Waals surface area contributed by atoms with Gasteiger partial charge in [0.2, 0.25) is 0 Å². The van der Waals surface area contributed by atoms with Gasteiger partial charge in [-0.05, 0) is 123 Å². The van der Waals surface area contributed by atoms with E-state index in [0.717, 1.165) is 55.6 Å². The number of hydrogen-bond donors (Lipinski definition) is 2. The van der Waals surface area contributed by atoms with Crippen LogP contribution >= 0.6 is 0 Å². The van der Waals surface area contributed by atoms with E-state index in [0.29, 0.717) is 0 Å². The van der Waals surface area contributed by atoms with Crippen LogP contribution in [0, 0.1) is 11.8 Å². The summed E-state index contributed by atoms with van der Waals surface area (Å²) < 4.78 is 12.5. The van der Waals surface area contributed by atoms with Gasteiger partial charge in [0.1, 0.15) is 29.1 Å². The zero-order chi connectivity index (χ0) is 48.3. The third-order valence-electron chi connectivity index (χ3n) is 13.2. The second kappa shape index (κ2) is 19.5. The van der Waals surface area contributed by atoms with Gasteiger partial charge in [0.15, 0.2) is 0 Å². The Kier molecular flexibility index (Phi) is 13.7. The van der Waals surface area contributed by atoms with Crippen molar-refractivity contribution < 1.29 is 23.9 Å². The van der Waals surface area contributed by atoms with Crippen LogP contribution in [0.2, 0.25) is 0 Å². The molecule has 0 aromatic heterocycles. The fourth-order valence-corrected chi connectivity index (χ4v) is 10.6. The van der Waals surface area contributed by atoms with Crippen molar-refractivity contribution in [1.82, 2.24) is 10.6 Å². The summed E-state index contributed by atoms with van der Waals surface area (Å²) in [6, 6.07) is 51.6. The second-order valence-electron chi connectivity index (χ2n) is 20.2. The minimum Gasteiger partial charge on any atom is -0.459 e. The Balaban J connectivity index is 1.21. The normalized spacial score (nSPS) is 15.9. The Labute approximate surface area is 402 Å². The fraction of sp³-hybridized carbons (Fsp3) is 0.295. The Morgan fingerprint density at radius 3 is 1.03 bits per heavy atom. The van der Waals surface area contributed by atoms with Gasteiger partial charge < -0.3 is 9.47 Å². The first-order valence-electron chi connectivity index (χ1n) is 23.9. The lowest BCUT2D eigenvalue weighted by atomic mass is 9.77. The minimum absolute atomic E-state index is 0.0996. The van der Waals surface area contributed by atoms with Crippen molar-refractivity contribution in [2.45, 2.75) is 102 Å². The lowest BCUT2D eigenvalue weighted by Crippen LogP contribution is -2.54. The van der Waals surface area contributed by atoms with Crippen molar-refractivity contribution in [2.24, 2.45) is 11.8 Å². The smallest absolute Gasteiger partial charge is 0.323 e. The number of hydrogen-bond acceptors (Lipinski definition) is 7. The highest BCUT2D eigenvalue weighted by Crippen LogP contribution is 2.53. The molecule has 0 bridgehead atoms. The van der Waals surface area contributed by atoms with Crippen molar-refractivity contribution in [3.63, 3.8) is 0 Å². The van der Waals surface area contributed by atoms with Gasteiger partial charge in [-0.2, -0.15) is 0 Å². The van der Waals surface area contributed by atoms with Crippen molar-refractivity contribution in [3.8, 4) is 22.3 Å². The van der Waals surface area contributed by atoms with Crippen LogP contribution in [0.3, 0.4) is 0 Å². The molecule has 6 aromatic carbocycles. The highest BCUT2D eigenvalue weighted by molar-refractivity contribution is 5.89. The molecule has 2 unspecified atom stereocenters. The SMILES string of the molecule is C=CCC(C[C@H](NC1(c2ccccc2)c2ccccc2-c2ccccc21)C(=O)OC(C)(C)C)C(=O)C(CC=C)C[C@H](NC1(c2ccccc2)c2ccccc2-c2ccccc21)C(=O)OC(C)(C)C. The lowest BCUT2D eigenvalue weighted by molar-refractivity contribution is -0.159. The molecule has 0 saturated carbocycles. The van der Waals surface area contributed by atoms with Crippen LogP contribution in [-0.4, -0.2) is 41.0 Å². The Bertz CT molecular complexity index is 2520. The van der Waals surface area contributed by atoms with Crippen LogP contribution < -0.4 is 10.6 Å². The van der Waals surface area contributed by atoms with Crippen LogP contribution in [0.4, 0.5) is 0 Å². The first-order valence-corrected chi connectivity index (χ1v) is 23.9. The number of carbonyl (C=O) groups is 3. The number of Topliss-reactive ketones (excluding diaryl/α,β-unsaturated/α-hetero) is 1. The molecule has 348 valence electrons. The zero-order valence-electron chi connectivity index (χ0n) is 40.3. The number of fused-ring (bicyclic) bond motifs is 6. The fourth-order valence-electron chi connectivity index (χ4n) is 10.6. The molecule has 0 fully saturated rings. The van der Waals surface area contributed by atoms with Crippen LogP contribution in [-0.2, 0) is 34.9 Å². The maximum absolute atomic E-state index is 15.6. The van der Waals surface area contributed by atoms with E-state index in [1.807, 2.05) is 126 Å². The Morgan fingerprint density at radius 1 is 0.471 bits per heavy atom. The summed E-state index contributed by atoms with van der Waals surface area (Å²) in [5, 5.41) is 7.80. The van der Waals surface area contributed by atoms with E-state index in [2.05, 4.69) is 96.6 Å². The molecule has 0 saturated heterocycles. The maximum Gasteiger partial charge on any atom is 0.323 e. The van der Waals surface area contributed by atoms with E-state index in [1.165, 1.54) is 0 Å². The molecule has 0 aliphatic heterocycles. The molecule has 8 rings (SSSR count). The number of carbonyl (C=O) groups excluding carboxylic acids is 3. The van der Waals surface area contributed by atoms with Crippen molar-refractivity contribution in [3.05, 3.63) is 216 Å². The van der Waals surface area contributed by atoms with Gasteiger partial charge in [-0.3, -0.25) is 25.0 Å². The lowest BCUT2D eigenvalue weighted by Gasteiger charge is -2.39. The maximum atomic E-state index is 15.6. The minimum atomic E-state index is -0.969. The average molecular weight is 905 g/mol. The first kappa shape index (κ1) is 47.8. The molecule has 2 aliphatic rings. The van der Waals surface area contributed by atoms with Crippen LogP contribution in [0.25, 0.3) is 22.3 Å². The van der Waals surface area contributed by atoms with Gasteiger partial charge in [-0.1, -0.05) is 170 Å². The predicted molar refractivity (Wildman–Crippen MR) is 273 cm³/mol. The molecule has 0 amide bonds. The molecular formula is C61H64N2O5. The molecule has 0 radical (unpaired) electrons. The summed E-state index contributed by atoms with van der Waals surface area (Å²) in [6.45, 7) is 19.4. The second-order valence-corrected chi connectivity index (χ2v) is 20.2. The van der Waals surface area contributed by atoms with Gasteiger partial charge in [0, 0.05) is 11.8 Å². The zero-order valence-corrected chi connectivity index (χ0v) is 40.3. The number of rotatable bonds is 18. The predicted octanol–water partition coefficient (Wildman–Crippen LogP) is 12.3. The molecule has 7 heteroatoms. The largest absolute Gasteiger partial charge is 0.459 e. The summed E-state index contributed by atoms with van der Waals surface area (Å²) in [5.41, 5.74) is 6.62. The standard InChI is InChI=1S/C61H64N2O5/c1-9-25-41(39-53(56(65)67-58(3,4)5)62-60(43-27-13-11-14-28-43)49-35-21-17-31-45(49)46-32-18-22-36-50(46)60)55(64)42(26-10-2)40-54(57(66)68-59(6,7)8)63-61(44-29-15-12-16-30-44)51-37-23-19-33-47(51)48-34-20-24-38-52(48)61/h9-24,27-38,41-42,53-54,62-63H,1-2,25-26,39-40H2,3-8H3/t41?,42?,53-,54-/m0/s1. The van der Waals surface area contributed by atoms with E-state index >= 15 is 4.79 Å². The van der Waals surface area contributed by atoms with Gasteiger partial charge in [-0.25, -0.2) is 0 Å². The molecule has 2 N–H and O–H groups in total. The summed E-state index contributed by atoms with van der Waals surface area (Å²) in [4.78, 5) is 45.3. The quantitative estimate of drug-likeness (QED) is 0.0655. The number of esters is 2. The molecule has 68 heavy (non-hydrogen) atoms. The summed E-state index contributed by atoms with van der Waals surface area (Å²) in [5.74, 6) is -2.42. The van der Waals surface area contributed by atoms with Crippen LogP contribution in [0.15, 0.2) is 183 Å². The van der Waals surface area contributed by atoms with Crippen molar-refractivity contribution >= 4 is 17.7 Å². The molecular weight excluding hydrogens is 841 g/mol. The van der Waals surface area contributed by atoms with Crippen molar-refractivity contribution in [1.29, 1.82) is 0 Å². The monoisotopic (exact) mass is 904 g/mol. The summed E-state index contributed by atoms with van der Waals surface area (Å²) >= 11 is 0. The Hall–Kier alpha value is -6.67. The van der Waals surface area contributed by atoms with Gasteiger partial charge in [0.05, 0.1) is 11.1 Å². The highest BCUT2D eigenvalue weighted by atomic mass is 16.6. The molecule has 2 aliphatic carbocycles. The number of nitrogens with one attached hydrogen (secondary N) is 2. The first-order chi connectivity index (χ1) is 32.6. The van der Waals surface area contributed by atoms with E-state index in [9.17, 15) is 9.59 Å². The molecule has 4 atom stereocenters. The topological polar surface area (TPSA) is 93.7 Å². The van der Waals surface area contributed by atoms with E-state index in [-0.39, 0.29) is 31.5 Å². The van der Waals surface area contributed by atoms with Crippen molar-refractivity contribution in [2.75, 3.05) is 0 Å². The molecule has 6 aromatic rings. The molecule has 7 nitrogen and oxygen atoms in total. The number of allylic oxidation sites excluding steroid dienone is 2. The summed E-state index contributed by atoms with van der Waals surface area (Å²) in [7, 11) is 0. The Morgan fingerprint density at radius 2 is 0.750 bits per heavy atom. The third kappa shape index (κ3) is 9.30. The molecule has 0 spiro atoms. The highest BCUT2D eigenvalue weighted by Gasteiger charge is 2.50. The van der Waals surface area contributed by atoms with Gasteiger partial charge in [-0.15, -0.1) is 13.2 Å². The van der Waals surface area contributed by atoms with Gasteiger partial charge in [0.25, 0.3) is 0 Å². The number of ether oxygens (including phenoxy) is 2. The summed E-state index contributed by atoms with van der Waals surface area (Å²) in [6.07, 6.45) is 4.27. The van der Waals surface area contributed by atoms with E-state index in [1.54, 1.807) is 12.2 Å². The number of benzene rings is 6. The average Bonchev–Trinajstić information content (AvgIpc) is 3.77. The number of ketones is 1. The van der Waals surface area contributed by atoms with Crippen LogP contribution in [0.5, 0.6) is 0 Å². The molecule has 0 heterocycles. The third-order valence-corrected chi connectivity index (χ3v) is 13.2. The van der Waals surface area contributed by atoms with Crippen LogP contribution in [0.1, 0.15) is 101 Å². The van der Waals surface area contributed by atoms with E-state index in [4.69, 9.17) is 9.47 Å².